The molecule has 0 radical (unpaired) electrons. The van der Waals surface area contributed by atoms with E-state index in [4.69, 9.17) is 28.0 Å². The molecule has 0 aromatic heterocycles. The Kier molecular flexibility index (Phi) is 7.61. The summed E-state index contributed by atoms with van der Waals surface area (Å²) in [6.07, 6.45) is 2.67. The third-order valence-electron chi connectivity index (χ3n) is 7.87. The first kappa shape index (κ1) is 26.6. The Hall–Kier alpha value is -3.64. The second-order valence-corrected chi connectivity index (χ2v) is 11.1. The Morgan fingerprint density at radius 3 is 2.40 bits per heavy atom. The molecule has 202 valence electrons. The van der Waals surface area contributed by atoms with Crippen LogP contribution in [0.3, 0.4) is 0 Å². The normalized spacial score (nSPS) is 20.0. The summed E-state index contributed by atoms with van der Waals surface area (Å²) >= 11 is 13.1. The standard InChI is InChI=1S/C33H28Cl2N2O3/c34-23-17-18-27(28(35)19-23)31-30(32(38)36-40-20-21-9-2-1-3-10-21)25-14-6-7-15-26(25)33(39)37(31)29-16-8-12-22-11-4-5-13-24(22)29/h1-7,9-11,13-15,17-19,29-31H,8,12,16,20H2,(H,36,38). The summed E-state index contributed by atoms with van der Waals surface area (Å²) < 4.78 is 0. The molecule has 0 saturated heterocycles. The third-order valence-corrected chi connectivity index (χ3v) is 8.43. The zero-order valence-corrected chi connectivity index (χ0v) is 23.2. The maximum Gasteiger partial charge on any atom is 0.255 e. The Bertz CT molecular complexity index is 1560. The first-order valence-electron chi connectivity index (χ1n) is 13.4. The molecule has 1 heterocycles. The molecule has 1 aliphatic carbocycles. The maximum atomic E-state index is 14.3. The molecule has 1 aliphatic heterocycles. The van der Waals surface area contributed by atoms with E-state index in [1.165, 1.54) is 5.56 Å². The third kappa shape index (κ3) is 5.01. The fourth-order valence-electron chi connectivity index (χ4n) is 6.10. The summed E-state index contributed by atoms with van der Waals surface area (Å²) in [6, 6.07) is 29.5. The van der Waals surface area contributed by atoms with Crippen LogP contribution in [0, 0.1) is 0 Å². The van der Waals surface area contributed by atoms with Crippen LogP contribution >= 0.6 is 23.2 Å². The molecule has 3 atom stereocenters. The largest absolute Gasteiger partial charge is 0.323 e. The number of aryl methyl sites for hydroxylation is 1. The molecule has 0 bridgehead atoms. The molecular formula is C33H28Cl2N2O3. The number of fused-ring (bicyclic) bond motifs is 2. The molecule has 7 heteroatoms. The van der Waals surface area contributed by atoms with Crippen LogP contribution in [0.25, 0.3) is 0 Å². The van der Waals surface area contributed by atoms with Gasteiger partial charge in [-0.1, -0.05) is 102 Å². The quantitative estimate of drug-likeness (QED) is 0.243. The molecule has 3 unspecified atom stereocenters. The van der Waals surface area contributed by atoms with Crippen LogP contribution in [0.2, 0.25) is 10.0 Å². The Morgan fingerprint density at radius 2 is 1.60 bits per heavy atom. The van der Waals surface area contributed by atoms with Gasteiger partial charge in [-0.25, -0.2) is 5.48 Å². The van der Waals surface area contributed by atoms with Crippen molar-refractivity contribution in [1.82, 2.24) is 10.4 Å². The molecular weight excluding hydrogens is 543 g/mol. The second kappa shape index (κ2) is 11.5. The lowest BCUT2D eigenvalue weighted by Crippen LogP contribution is -2.49. The van der Waals surface area contributed by atoms with Crippen LogP contribution in [-0.2, 0) is 22.7 Å². The van der Waals surface area contributed by atoms with Gasteiger partial charge in [-0.2, -0.15) is 0 Å². The number of rotatable bonds is 6. The van der Waals surface area contributed by atoms with Gasteiger partial charge in [0.25, 0.3) is 11.8 Å². The molecule has 4 aromatic rings. The summed E-state index contributed by atoms with van der Waals surface area (Å²) in [5, 5.41) is 0.889. The smallest absolute Gasteiger partial charge is 0.255 e. The lowest BCUT2D eigenvalue weighted by atomic mass is 9.76. The molecule has 0 fully saturated rings. The van der Waals surface area contributed by atoms with E-state index in [-0.39, 0.29) is 24.5 Å². The predicted octanol–water partition coefficient (Wildman–Crippen LogP) is 7.60. The van der Waals surface area contributed by atoms with Crippen molar-refractivity contribution < 1.29 is 14.4 Å². The number of nitrogens with zero attached hydrogens (tertiary/aromatic N) is 1. The Labute approximate surface area is 243 Å². The predicted molar refractivity (Wildman–Crippen MR) is 156 cm³/mol. The van der Waals surface area contributed by atoms with Crippen LogP contribution in [0.4, 0.5) is 0 Å². The van der Waals surface area contributed by atoms with Crippen molar-refractivity contribution in [3.05, 3.63) is 140 Å². The van der Waals surface area contributed by atoms with Gasteiger partial charge < -0.3 is 4.90 Å². The fourth-order valence-corrected chi connectivity index (χ4v) is 6.62. The van der Waals surface area contributed by atoms with Gasteiger partial charge in [0.05, 0.1) is 24.6 Å². The zero-order chi connectivity index (χ0) is 27.6. The molecule has 0 saturated carbocycles. The van der Waals surface area contributed by atoms with E-state index in [1.807, 2.05) is 71.6 Å². The van der Waals surface area contributed by atoms with Gasteiger partial charge in [0.15, 0.2) is 0 Å². The number of benzene rings is 4. The van der Waals surface area contributed by atoms with Crippen LogP contribution in [0.1, 0.15) is 69.0 Å². The van der Waals surface area contributed by atoms with E-state index >= 15 is 0 Å². The van der Waals surface area contributed by atoms with Gasteiger partial charge >= 0.3 is 0 Å². The number of hydrogen-bond donors (Lipinski definition) is 1. The zero-order valence-electron chi connectivity index (χ0n) is 21.7. The Balaban J connectivity index is 1.46. The highest BCUT2D eigenvalue weighted by molar-refractivity contribution is 6.35. The summed E-state index contributed by atoms with van der Waals surface area (Å²) in [4.78, 5) is 36.0. The highest BCUT2D eigenvalue weighted by Crippen LogP contribution is 2.50. The van der Waals surface area contributed by atoms with Crippen molar-refractivity contribution in [3.63, 3.8) is 0 Å². The van der Waals surface area contributed by atoms with Gasteiger partial charge in [0, 0.05) is 15.6 Å². The minimum absolute atomic E-state index is 0.123. The number of carbonyl (C=O) groups is 2. The topological polar surface area (TPSA) is 58.6 Å². The molecule has 40 heavy (non-hydrogen) atoms. The van der Waals surface area contributed by atoms with E-state index in [1.54, 1.807) is 18.2 Å². The first-order chi connectivity index (χ1) is 19.5. The number of hydrogen-bond acceptors (Lipinski definition) is 3. The van der Waals surface area contributed by atoms with Gasteiger partial charge in [-0.3, -0.25) is 14.4 Å². The van der Waals surface area contributed by atoms with Crippen molar-refractivity contribution in [1.29, 1.82) is 0 Å². The molecule has 2 amide bonds. The van der Waals surface area contributed by atoms with Crippen molar-refractivity contribution in [3.8, 4) is 0 Å². The minimum atomic E-state index is -0.766. The average molecular weight is 572 g/mol. The van der Waals surface area contributed by atoms with Gasteiger partial charge in [-0.05, 0) is 65.3 Å². The highest BCUT2D eigenvalue weighted by atomic mass is 35.5. The van der Waals surface area contributed by atoms with Gasteiger partial charge in [0.2, 0.25) is 0 Å². The lowest BCUT2D eigenvalue weighted by Gasteiger charge is -2.47. The number of amides is 2. The van der Waals surface area contributed by atoms with E-state index in [2.05, 4.69) is 17.6 Å². The van der Waals surface area contributed by atoms with E-state index in [9.17, 15) is 9.59 Å². The Morgan fingerprint density at radius 1 is 0.875 bits per heavy atom. The van der Waals surface area contributed by atoms with Crippen LogP contribution < -0.4 is 5.48 Å². The summed E-state index contributed by atoms with van der Waals surface area (Å²) in [5.41, 5.74) is 7.76. The molecule has 5 nitrogen and oxygen atoms in total. The average Bonchev–Trinajstić information content (AvgIpc) is 2.97. The summed E-state index contributed by atoms with van der Waals surface area (Å²) in [7, 11) is 0. The second-order valence-electron chi connectivity index (χ2n) is 10.2. The van der Waals surface area contributed by atoms with E-state index < -0.39 is 12.0 Å². The number of nitrogens with one attached hydrogen (secondary N) is 1. The summed E-state index contributed by atoms with van der Waals surface area (Å²) in [6.45, 7) is 0.214. The molecule has 2 aliphatic rings. The van der Waals surface area contributed by atoms with Crippen molar-refractivity contribution in [2.75, 3.05) is 0 Å². The fraction of sp³-hybridized carbons (Fsp3) is 0.212. The van der Waals surface area contributed by atoms with Gasteiger partial charge in [0.1, 0.15) is 0 Å². The van der Waals surface area contributed by atoms with E-state index in [0.29, 0.717) is 26.7 Å². The number of hydroxylamine groups is 1. The SMILES string of the molecule is O=C(NOCc1ccccc1)C1c2ccccc2C(=O)N(C2CCCc3ccccc32)C1c1ccc(Cl)cc1Cl. The minimum Gasteiger partial charge on any atom is -0.323 e. The number of halogens is 2. The van der Waals surface area contributed by atoms with Crippen molar-refractivity contribution in [2.45, 2.75) is 43.9 Å². The van der Waals surface area contributed by atoms with Crippen LogP contribution in [0.5, 0.6) is 0 Å². The highest BCUT2D eigenvalue weighted by Gasteiger charge is 2.48. The maximum absolute atomic E-state index is 14.3. The van der Waals surface area contributed by atoms with Gasteiger partial charge in [-0.15, -0.1) is 0 Å². The first-order valence-corrected chi connectivity index (χ1v) is 14.2. The molecule has 4 aromatic carbocycles. The summed E-state index contributed by atoms with van der Waals surface area (Å²) in [5.74, 6) is -1.24. The molecule has 6 rings (SSSR count). The number of carbonyl (C=O) groups excluding carboxylic acids is 2. The molecule has 1 N–H and O–H groups in total. The van der Waals surface area contributed by atoms with Crippen molar-refractivity contribution >= 4 is 35.0 Å². The van der Waals surface area contributed by atoms with E-state index in [0.717, 1.165) is 30.4 Å². The van der Waals surface area contributed by atoms with Crippen LogP contribution in [0.15, 0.2) is 97.1 Å². The van der Waals surface area contributed by atoms with Crippen LogP contribution in [-0.4, -0.2) is 16.7 Å². The monoisotopic (exact) mass is 570 g/mol. The molecule has 0 spiro atoms. The lowest BCUT2D eigenvalue weighted by molar-refractivity contribution is -0.138. The van der Waals surface area contributed by atoms with Crippen molar-refractivity contribution in [2.24, 2.45) is 0 Å².